The molecular formula is C16H18ClF2N3O3. The molecule has 0 saturated heterocycles. The number of alkyl halides is 2. The molecule has 136 valence electrons. The molecule has 0 saturated carbocycles. The van der Waals surface area contributed by atoms with Gasteiger partial charge in [0.05, 0.1) is 12.1 Å². The molecule has 1 heterocycles. The molecule has 3 N–H and O–H groups in total. The topological polar surface area (TPSA) is 83.2 Å². The summed E-state index contributed by atoms with van der Waals surface area (Å²) in [6.45, 7) is 1.67. The van der Waals surface area contributed by atoms with Gasteiger partial charge in [-0.25, -0.2) is 0 Å². The molecule has 0 bridgehead atoms. The van der Waals surface area contributed by atoms with Crippen LogP contribution in [0.15, 0.2) is 12.1 Å². The molecule has 0 fully saturated rings. The summed E-state index contributed by atoms with van der Waals surface area (Å²) in [4.78, 5) is 26.3. The monoisotopic (exact) mass is 373 g/mol. The average molecular weight is 374 g/mol. The quantitative estimate of drug-likeness (QED) is 0.728. The number of H-pyrrole nitrogens is 1. The second-order valence-corrected chi connectivity index (χ2v) is 5.88. The summed E-state index contributed by atoms with van der Waals surface area (Å²) in [5.74, 6) is -1.71. The number of benzene rings is 1. The van der Waals surface area contributed by atoms with E-state index >= 15 is 0 Å². The van der Waals surface area contributed by atoms with E-state index in [1.54, 1.807) is 19.1 Å². The minimum Gasteiger partial charge on any atom is -0.495 e. The number of rotatable bonds is 6. The fourth-order valence-electron chi connectivity index (χ4n) is 2.62. The summed E-state index contributed by atoms with van der Waals surface area (Å²) in [6.07, 6.45) is -3.09. The zero-order valence-corrected chi connectivity index (χ0v) is 14.6. The number of methoxy groups -OCH3 is 1. The first-order valence-corrected chi connectivity index (χ1v) is 7.85. The fourth-order valence-corrected chi connectivity index (χ4v) is 2.86. The number of ether oxygens (including phenoxy) is 1. The van der Waals surface area contributed by atoms with E-state index in [9.17, 15) is 18.4 Å². The van der Waals surface area contributed by atoms with E-state index < -0.39 is 18.3 Å². The number of aromatic amines is 1. The van der Waals surface area contributed by atoms with Crippen molar-refractivity contribution in [2.45, 2.75) is 19.3 Å². The Balaban J connectivity index is 2.50. The van der Waals surface area contributed by atoms with Gasteiger partial charge in [0, 0.05) is 30.4 Å². The summed E-state index contributed by atoms with van der Waals surface area (Å²) in [5, 5.41) is 5.72. The highest BCUT2D eigenvalue weighted by atomic mass is 35.5. The van der Waals surface area contributed by atoms with E-state index in [0.29, 0.717) is 27.2 Å². The molecule has 0 aliphatic rings. The summed E-state index contributed by atoms with van der Waals surface area (Å²) >= 11 is 6.11. The lowest BCUT2D eigenvalue weighted by atomic mass is 9.96. The maximum atomic E-state index is 12.4. The highest BCUT2D eigenvalue weighted by Crippen LogP contribution is 2.36. The summed E-state index contributed by atoms with van der Waals surface area (Å²) in [6, 6.07) is 3.29. The van der Waals surface area contributed by atoms with Gasteiger partial charge in [-0.1, -0.05) is 18.5 Å². The van der Waals surface area contributed by atoms with Crippen LogP contribution in [-0.4, -0.2) is 43.9 Å². The van der Waals surface area contributed by atoms with Crippen molar-refractivity contribution in [2.24, 2.45) is 0 Å². The Kier molecular flexibility index (Phi) is 5.84. The van der Waals surface area contributed by atoms with Gasteiger partial charge in [0.2, 0.25) is 0 Å². The van der Waals surface area contributed by atoms with E-state index in [1.807, 2.05) is 0 Å². The van der Waals surface area contributed by atoms with Crippen LogP contribution in [0.2, 0.25) is 5.02 Å². The lowest BCUT2D eigenvalue weighted by molar-refractivity contribution is -0.131. The second-order valence-electron chi connectivity index (χ2n) is 5.47. The Hall–Kier alpha value is -2.35. The third kappa shape index (κ3) is 3.84. The maximum Gasteiger partial charge on any atom is 0.315 e. The summed E-state index contributed by atoms with van der Waals surface area (Å²) in [7, 11) is 2.94. The van der Waals surface area contributed by atoms with Crippen molar-refractivity contribution in [3.05, 3.63) is 28.4 Å². The minimum absolute atomic E-state index is 0.0505. The van der Waals surface area contributed by atoms with Gasteiger partial charge in [0.15, 0.2) is 0 Å². The van der Waals surface area contributed by atoms with Gasteiger partial charge in [-0.3, -0.25) is 9.59 Å². The molecule has 2 aromatic rings. The molecule has 1 atom stereocenters. The maximum absolute atomic E-state index is 12.4. The van der Waals surface area contributed by atoms with Crippen molar-refractivity contribution in [2.75, 3.05) is 20.7 Å². The Morgan fingerprint density at radius 3 is 2.60 bits per heavy atom. The van der Waals surface area contributed by atoms with E-state index in [1.165, 1.54) is 14.2 Å². The molecule has 2 amide bonds. The molecule has 0 aliphatic carbocycles. The number of carbonyl (C=O) groups is 2. The third-order valence-electron chi connectivity index (χ3n) is 3.84. The number of aromatic nitrogens is 1. The van der Waals surface area contributed by atoms with Crippen LogP contribution in [0.3, 0.4) is 0 Å². The number of fused-ring (bicyclic) bond motifs is 1. The number of amides is 2. The first kappa shape index (κ1) is 19.0. The van der Waals surface area contributed by atoms with E-state index in [4.69, 9.17) is 16.3 Å². The Bertz CT molecular complexity index is 808. The first-order valence-electron chi connectivity index (χ1n) is 7.47. The summed E-state index contributed by atoms with van der Waals surface area (Å²) < 4.78 is 29.9. The molecule has 0 aliphatic heterocycles. The number of carbonyl (C=O) groups excluding carboxylic acids is 2. The molecule has 1 aromatic heterocycles. The summed E-state index contributed by atoms with van der Waals surface area (Å²) in [5.41, 5.74) is 1.46. The van der Waals surface area contributed by atoms with Gasteiger partial charge < -0.3 is 20.4 Å². The van der Waals surface area contributed by atoms with Crippen molar-refractivity contribution >= 4 is 34.3 Å². The van der Waals surface area contributed by atoms with Gasteiger partial charge in [-0.05, 0) is 17.7 Å². The van der Waals surface area contributed by atoms with Crippen LogP contribution in [0.25, 0.3) is 10.9 Å². The van der Waals surface area contributed by atoms with E-state index in [2.05, 4.69) is 15.6 Å². The smallest absolute Gasteiger partial charge is 0.315 e. The SMILES string of the molecule is CNC(=O)c1[nH]c2cc(Cl)c(OC)cc2c1[C@@H](C)CNC(=O)C(F)F. The number of halogens is 3. The Morgan fingerprint density at radius 1 is 1.36 bits per heavy atom. The predicted octanol–water partition coefficient (Wildman–Crippen LogP) is 2.67. The lowest BCUT2D eigenvalue weighted by Crippen LogP contribution is -2.33. The molecule has 0 unspecified atom stereocenters. The number of hydrogen-bond donors (Lipinski definition) is 3. The number of hydrogen-bond acceptors (Lipinski definition) is 3. The molecule has 6 nitrogen and oxygen atoms in total. The van der Waals surface area contributed by atoms with E-state index in [0.717, 1.165) is 0 Å². The van der Waals surface area contributed by atoms with Crippen LogP contribution in [0.5, 0.6) is 5.75 Å². The molecule has 2 rings (SSSR count). The van der Waals surface area contributed by atoms with Crippen molar-refractivity contribution in [1.29, 1.82) is 0 Å². The highest BCUT2D eigenvalue weighted by molar-refractivity contribution is 6.33. The molecular weight excluding hydrogens is 356 g/mol. The molecule has 25 heavy (non-hydrogen) atoms. The van der Waals surface area contributed by atoms with Crippen LogP contribution in [0.4, 0.5) is 8.78 Å². The zero-order valence-electron chi connectivity index (χ0n) is 13.9. The van der Waals surface area contributed by atoms with Gasteiger partial charge in [-0.2, -0.15) is 8.78 Å². The molecule has 0 spiro atoms. The lowest BCUT2D eigenvalue weighted by Gasteiger charge is -2.14. The van der Waals surface area contributed by atoms with Crippen molar-refractivity contribution in [3.63, 3.8) is 0 Å². The molecule has 0 radical (unpaired) electrons. The minimum atomic E-state index is -3.09. The number of nitrogens with one attached hydrogen (secondary N) is 3. The third-order valence-corrected chi connectivity index (χ3v) is 4.13. The molecule has 1 aromatic carbocycles. The van der Waals surface area contributed by atoms with Crippen molar-refractivity contribution in [1.82, 2.24) is 15.6 Å². The van der Waals surface area contributed by atoms with Crippen LogP contribution < -0.4 is 15.4 Å². The first-order chi connectivity index (χ1) is 11.8. The van der Waals surface area contributed by atoms with Gasteiger partial charge >= 0.3 is 6.43 Å². The van der Waals surface area contributed by atoms with Crippen molar-refractivity contribution < 1.29 is 23.1 Å². The molecule has 9 heteroatoms. The zero-order chi connectivity index (χ0) is 18.7. The fraction of sp³-hybridized carbons (Fsp3) is 0.375. The van der Waals surface area contributed by atoms with Crippen LogP contribution >= 0.6 is 11.6 Å². The second kappa shape index (κ2) is 7.69. The van der Waals surface area contributed by atoms with Gasteiger partial charge in [0.25, 0.3) is 11.8 Å². The van der Waals surface area contributed by atoms with Crippen molar-refractivity contribution in [3.8, 4) is 5.75 Å². The van der Waals surface area contributed by atoms with Gasteiger partial charge in [0.1, 0.15) is 11.4 Å². The standard InChI is InChI=1S/C16H18ClF2N3O3/c1-7(6-21-16(24)14(18)19)12-8-4-11(25-3)9(17)5-10(8)22-13(12)15(23)20-2/h4-5,7,14,22H,6H2,1-3H3,(H,20,23)(H,21,24)/t7-/m0/s1. The largest absolute Gasteiger partial charge is 0.495 e. The predicted molar refractivity (Wildman–Crippen MR) is 90.7 cm³/mol. The Morgan fingerprint density at radius 2 is 2.04 bits per heavy atom. The average Bonchev–Trinajstić information content (AvgIpc) is 2.95. The highest BCUT2D eigenvalue weighted by Gasteiger charge is 2.24. The van der Waals surface area contributed by atoms with Crippen LogP contribution in [-0.2, 0) is 4.79 Å². The van der Waals surface area contributed by atoms with Crippen LogP contribution in [0.1, 0.15) is 28.9 Å². The normalized spacial score (nSPS) is 12.3. The van der Waals surface area contributed by atoms with Crippen LogP contribution in [0, 0.1) is 0 Å². The van der Waals surface area contributed by atoms with Gasteiger partial charge in [-0.15, -0.1) is 0 Å². The Labute approximate surface area is 147 Å². The van der Waals surface area contributed by atoms with E-state index in [-0.39, 0.29) is 18.1 Å².